The molecule has 88 valence electrons. The average molecular weight is 222 g/mol. The van der Waals surface area contributed by atoms with E-state index >= 15 is 0 Å². The molecule has 0 atom stereocenters. The van der Waals surface area contributed by atoms with Crippen molar-refractivity contribution in [1.29, 1.82) is 0 Å². The van der Waals surface area contributed by atoms with Crippen LogP contribution < -0.4 is 11.2 Å². The van der Waals surface area contributed by atoms with Crippen LogP contribution in [0.3, 0.4) is 0 Å². The average Bonchev–Trinajstić information content (AvgIpc) is 2.28. The van der Waals surface area contributed by atoms with Crippen molar-refractivity contribution in [2.24, 2.45) is 7.05 Å². The topological polar surface area (TPSA) is 44.0 Å². The molecule has 1 saturated carbocycles. The molecule has 0 unspecified atom stereocenters. The molecular formula is C12H18N2O2. The molecule has 1 fully saturated rings. The molecule has 0 spiro atoms. The Morgan fingerprint density at radius 2 is 1.81 bits per heavy atom. The van der Waals surface area contributed by atoms with Crippen molar-refractivity contribution in [3.8, 4) is 0 Å². The van der Waals surface area contributed by atoms with Crippen LogP contribution in [0.4, 0.5) is 0 Å². The maximum Gasteiger partial charge on any atom is 0.331 e. The highest BCUT2D eigenvalue weighted by Gasteiger charge is 2.19. The Labute approximate surface area is 94.5 Å². The summed E-state index contributed by atoms with van der Waals surface area (Å²) in [5.41, 5.74) is 0.409. The number of hydrogen-bond donors (Lipinski definition) is 0. The SMILES string of the molecule is Cc1cc(=O)n(C2CCCCC2)c(=O)n1C. The molecule has 0 bridgehead atoms. The van der Waals surface area contributed by atoms with E-state index in [1.807, 2.05) is 0 Å². The molecule has 4 heteroatoms. The molecule has 1 aliphatic rings. The van der Waals surface area contributed by atoms with Crippen molar-refractivity contribution in [3.63, 3.8) is 0 Å². The Kier molecular flexibility index (Phi) is 2.99. The van der Waals surface area contributed by atoms with Crippen LogP contribution >= 0.6 is 0 Å². The minimum Gasteiger partial charge on any atom is -0.301 e. The van der Waals surface area contributed by atoms with E-state index < -0.39 is 0 Å². The highest BCUT2D eigenvalue weighted by atomic mass is 16.2. The summed E-state index contributed by atoms with van der Waals surface area (Å²) in [4.78, 5) is 23.9. The molecule has 2 rings (SSSR count). The normalized spacial score (nSPS) is 17.6. The van der Waals surface area contributed by atoms with Crippen molar-refractivity contribution in [1.82, 2.24) is 9.13 Å². The second-order valence-corrected chi connectivity index (χ2v) is 4.63. The summed E-state index contributed by atoms with van der Waals surface area (Å²) in [7, 11) is 1.72. The standard InChI is InChI=1S/C12H18N2O2/c1-9-8-11(15)14(12(16)13(9)2)10-6-4-3-5-7-10/h8,10H,3-7H2,1-2H3. The van der Waals surface area contributed by atoms with E-state index in [0.717, 1.165) is 31.4 Å². The third-order valence-electron chi connectivity index (χ3n) is 3.53. The lowest BCUT2D eigenvalue weighted by Gasteiger charge is -2.23. The van der Waals surface area contributed by atoms with E-state index in [9.17, 15) is 9.59 Å². The largest absolute Gasteiger partial charge is 0.331 e. The Morgan fingerprint density at radius 1 is 1.19 bits per heavy atom. The van der Waals surface area contributed by atoms with E-state index in [0.29, 0.717) is 0 Å². The van der Waals surface area contributed by atoms with Crippen molar-refractivity contribution >= 4 is 0 Å². The van der Waals surface area contributed by atoms with Gasteiger partial charge in [-0.05, 0) is 19.8 Å². The number of aromatic nitrogens is 2. The highest BCUT2D eigenvalue weighted by molar-refractivity contribution is 5.00. The molecular weight excluding hydrogens is 204 g/mol. The Bertz CT molecular complexity index is 493. The lowest BCUT2D eigenvalue weighted by molar-refractivity contribution is 0.330. The predicted octanol–water partition coefficient (Wildman–Crippen LogP) is 1.36. The van der Waals surface area contributed by atoms with Crippen LogP contribution in [-0.4, -0.2) is 9.13 Å². The molecule has 0 N–H and O–H groups in total. The summed E-state index contributed by atoms with van der Waals surface area (Å²) in [6.07, 6.45) is 5.37. The highest BCUT2D eigenvalue weighted by Crippen LogP contribution is 2.25. The van der Waals surface area contributed by atoms with Crippen molar-refractivity contribution in [2.45, 2.75) is 45.1 Å². The smallest absolute Gasteiger partial charge is 0.301 e. The van der Waals surface area contributed by atoms with Crippen LogP contribution in [-0.2, 0) is 7.05 Å². The third-order valence-corrected chi connectivity index (χ3v) is 3.53. The summed E-state index contributed by atoms with van der Waals surface area (Å²) in [5.74, 6) is 0. The van der Waals surface area contributed by atoms with E-state index in [2.05, 4.69) is 0 Å². The zero-order valence-electron chi connectivity index (χ0n) is 9.90. The molecule has 4 nitrogen and oxygen atoms in total. The molecule has 16 heavy (non-hydrogen) atoms. The first-order chi connectivity index (χ1) is 7.61. The fraction of sp³-hybridized carbons (Fsp3) is 0.667. The van der Waals surface area contributed by atoms with Crippen molar-refractivity contribution in [3.05, 3.63) is 32.6 Å². The number of aryl methyl sites for hydroxylation is 1. The molecule has 0 aliphatic heterocycles. The van der Waals surface area contributed by atoms with Crippen LogP contribution in [0.15, 0.2) is 15.7 Å². The van der Waals surface area contributed by atoms with E-state index in [-0.39, 0.29) is 17.3 Å². The van der Waals surface area contributed by atoms with Gasteiger partial charge in [0.2, 0.25) is 0 Å². The van der Waals surface area contributed by atoms with Gasteiger partial charge in [0.25, 0.3) is 5.56 Å². The summed E-state index contributed by atoms with van der Waals surface area (Å²) in [6.45, 7) is 1.79. The molecule has 0 aromatic carbocycles. The number of nitrogens with zero attached hydrogens (tertiary/aromatic N) is 2. The maximum atomic E-state index is 12.0. The second-order valence-electron chi connectivity index (χ2n) is 4.63. The Morgan fingerprint density at radius 3 is 2.44 bits per heavy atom. The number of hydrogen-bond acceptors (Lipinski definition) is 2. The summed E-state index contributed by atoms with van der Waals surface area (Å²) in [5, 5.41) is 0. The Balaban J connectivity index is 2.51. The van der Waals surface area contributed by atoms with Gasteiger partial charge in [-0.2, -0.15) is 0 Å². The minimum atomic E-state index is -0.170. The van der Waals surface area contributed by atoms with Crippen LogP contribution in [0.25, 0.3) is 0 Å². The van der Waals surface area contributed by atoms with Gasteiger partial charge in [0.1, 0.15) is 0 Å². The summed E-state index contributed by atoms with van der Waals surface area (Å²) >= 11 is 0. The first-order valence-electron chi connectivity index (χ1n) is 5.90. The summed E-state index contributed by atoms with van der Waals surface area (Å²) in [6, 6.07) is 1.66. The van der Waals surface area contributed by atoms with Crippen LogP contribution in [0.2, 0.25) is 0 Å². The fourth-order valence-corrected chi connectivity index (χ4v) is 2.43. The molecule has 0 amide bonds. The van der Waals surface area contributed by atoms with Crippen LogP contribution in [0, 0.1) is 6.92 Å². The number of rotatable bonds is 1. The lowest BCUT2D eigenvalue weighted by atomic mass is 9.95. The third kappa shape index (κ3) is 1.84. The van der Waals surface area contributed by atoms with E-state index in [1.54, 1.807) is 24.6 Å². The van der Waals surface area contributed by atoms with Gasteiger partial charge >= 0.3 is 5.69 Å². The maximum absolute atomic E-state index is 12.0. The quantitative estimate of drug-likeness (QED) is 0.720. The zero-order valence-corrected chi connectivity index (χ0v) is 9.90. The monoisotopic (exact) mass is 222 g/mol. The summed E-state index contributed by atoms with van der Waals surface area (Å²) < 4.78 is 2.99. The molecule has 1 aromatic heterocycles. The molecule has 0 radical (unpaired) electrons. The zero-order chi connectivity index (χ0) is 11.7. The van der Waals surface area contributed by atoms with Crippen LogP contribution in [0.1, 0.15) is 43.8 Å². The Hall–Kier alpha value is -1.32. The minimum absolute atomic E-state index is 0.112. The first-order valence-corrected chi connectivity index (χ1v) is 5.90. The van der Waals surface area contributed by atoms with Gasteiger partial charge in [-0.25, -0.2) is 4.79 Å². The van der Waals surface area contributed by atoms with Gasteiger partial charge in [-0.1, -0.05) is 19.3 Å². The van der Waals surface area contributed by atoms with Gasteiger partial charge in [-0.3, -0.25) is 9.36 Å². The van der Waals surface area contributed by atoms with Gasteiger partial charge in [0, 0.05) is 24.8 Å². The fourth-order valence-electron chi connectivity index (χ4n) is 2.43. The van der Waals surface area contributed by atoms with Crippen molar-refractivity contribution in [2.75, 3.05) is 0 Å². The van der Waals surface area contributed by atoms with Crippen LogP contribution in [0.5, 0.6) is 0 Å². The lowest BCUT2D eigenvalue weighted by Crippen LogP contribution is -2.42. The molecule has 1 heterocycles. The van der Waals surface area contributed by atoms with E-state index in [1.165, 1.54) is 11.0 Å². The van der Waals surface area contributed by atoms with E-state index in [4.69, 9.17) is 0 Å². The first kappa shape index (κ1) is 11.2. The van der Waals surface area contributed by atoms with Gasteiger partial charge < -0.3 is 4.57 Å². The molecule has 1 aromatic rings. The molecule has 1 aliphatic carbocycles. The van der Waals surface area contributed by atoms with Crippen molar-refractivity contribution < 1.29 is 0 Å². The van der Waals surface area contributed by atoms with Gasteiger partial charge in [0.15, 0.2) is 0 Å². The van der Waals surface area contributed by atoms with Gasteiger partial charge in [-0.15, -0.1) is 0 Å². The second kappa shape index (κ2) is 4.28. The predicted molar refractivity (Wildman–Crippen MR) is 62.8 cm³/mol. The van der Waals surface area contributed by atoms with Gasteiger partial charge in [0.05, 0.1) is 0 Å². The molecule has 0 saturated heterocycles.